The molecule has 0 aromatic heterocycles. The average molecular weight is 268 g/mol. The maximum absolute atomic E-state index is 11.8. The zero-order chi connectivity index (χ0) is 14.4. The van der Waals surface area contributed by atoms with Crippen LogP contribution in [0.3, 0.4) is 0 Å². The van der Waals surface area contributed by atoms with Crippen molar-refractivity contribution in [1.82, 2.24) is 0 Å². The molecule has 0 radical (unpaired) electrons. The number of ether oxygens (including phenoxy) is 3. The second kappa shape index (κ2) is 6.48. The van der Waals surface area contributed by atoms with Gasteiger partial charge in [-0.1, -0.05) is 0 Å². The molecule has 1 aromatic carbocycles. The minimum atomic E-state index is -0.653. The van der Waals surface area contributed by atoms with E-state index >= 15 is 0 Å². The minimum absolute atomic E-state index is 0.0427. The number of nitrogens with two attached hydrogens (primary N) is 2. The fraction of sp³-hybridized carbons (Fsp3) is 0.333. The molecule has 4 N–H and O–H groups in total. The quantitative estimate of drug-likeness (QED) is 0.567. The monoisotopic (exact) mass is 268 g/mol. The molecule has 0 heterocycles. The van der Waals surface area contributed by atoms with Gasteiger partial charge in [-0.15, -0.1) is 0 Å². The van der Waals surface area contributed by atoms with Crippen molar-refractivity contribution >= 4 is 17.6 Å². The Balaban J connectivity index is 2.87. The van der Waals surface area contributed by atoms with Gasteiger partial charge in [0.25, 0.3) is 0 Å². The van der Waals surface area contributed by atoms with Crippen LogP contribution in [0.2, 0.25) is 0 Å². The number of methoxy groups -OCH3 is 2. The first-order chi connectivity index (χ1) is 8.99. The van der Waals surface area contributed by atoms with Gasteiger partial charge in [-0.2, -0.15) is 0 Å². The number of primary amides is 1. The molecule has 0 aliphatic rings. The van der Waals surface area contributed by atoms with Crippen molar-refractivity contribution in [2.75, 3.05) is 26.6 Å². The fourth-order valence-electron chi connectivity index (χ4n) is 1.39. The van der Waals surface area contributed by atoms with Gasteiger partial charge in [0.15, 0.2) is 11.5 Å². The number of nitrogen functional groups attached to an aromatic ring is 1. The van der Waals surface area contributed by atoms with Crippen LogP contribution in [0, 0.1) is 0 Å². The normalized spacial score (nSPS) is 9.79. The van der Waals surface area contributed by atoms with E-state index in [1.807, 2.05) is 0 Å². The molecule has 7 heteroatoms. The SMILES string of the molecule is COc1cc(N)c(C(=O)OCCC(N)=O)cc1OC. The summed E-state index contributed by atoms with van der Waals surface area (Å²) in [5.41, 5.74) is 11.0. The predicted molar refractivity (Wildman–Crippen MR) is 68.1 cm³/mol. The highest BCUT2D eigenvalue weighted by Crippen LogP contribution is 2.32. The highest BCUT2D eigenvalue weighted by molar-refractivity contribution is 5.96. The standard InChI is InChI=1S/C12H16N2O5/c1-17-9-5-7(8(13)6-10(9)18-2)12(16)19-4-3-11(14)15/h5-6H,3-4,13H2,1-2H3,(H2,14,15). The molecule has 7 nitrogen and oxygen atoms in total. The molecule has 104 valence electrons. The van der Waals surface area contributed by atoms with Gasteiger partial charge in [0.05, 0.1) is 31.9 Å². The molecule has 0 saturated carbocycles. The molecule has 1 aromatic rings. The minimum Gasteiger partial charge on any atom is -0.493 e. The van der Waals surface area contributed by atoms with Gasteiger partial charge in [-0.3, -0.25) is 4.79 Å². The Morgan fingerprint density at radius 3 is 2.26 bits per heavy atom. The molecule has 0 aliphatic carbocycles. The molecule has 0 spiro atoms. The summed E-state index contributed by atoms with van der Waals surface area (Å²) in [5, 5.41) is 0. The number of rotatable bonds is 6. The second-order valence-electron chi connectivity index (χ2n) is 3.65. The van der Waals surface area contributed by atoms with E-state index in [2.05, 4.69) is 0 Å². The van der Waals surface area contributed by atoms with Crippen molar-refractivity contribution in [3.8, 4) is 11.5 Å². The highest BCUT2D eigenvalue weighted by atomic mass is 16.5. The molecule has 19 heavy (non-hydrogen) atoms. The smallest absolute Gasteiger partial charge is 0.340 e. The Labute approximate surface area is 110 Å². The van der Waals surface area contributed by atoms with Gasteiger partial charge < -0.3 is 25.7 Å². The average Bonchev–Trinajstić information content (AvgIpc) is 2.37. The summed E-state index contributed by atoms with van der Waals surface area (Å²) in [6, 6.07) is 2.88. The Morgan fingerprint density at radius 2 is 1.74 bits per heavy atom. The van der Waals surface area contributed by atoms with Crippen LogP contribution in [-0.2, 0) is 9.53 Å². The summed E-state index contributed by atoms with van der Waals surface area (Å²) in [7, 11) is 2.90. The molecule has 0 unspecified atom stereocenters. The molecular formula is C12H16N2O5. The molecule has 0 bridgehead atoms. The van der Waals surface area contributed by atoms with Gasteiger partial charge in [0.2, 0.25) is 5.91 Å². The number of hydrogen-bond acceptors (Lipinski definition) is 6. The van der Waals surface area contributed by atoms with Crippen molar-refractivity contribution in [1.29, 1.82) is 0 Å². The second-order valence-corrected chi connectivity index (χ2v) is 3.65. The van der Waals surface area contributed by atoms with E-state index in [1.165, 1.54) is 26.4 Å². The Hall–Kier alpha value is -2.44. The van der Waals surface area contributed by atoms with E-state index < -0.39 is 11.9 Å². The van der Waals surface area contributed by atoms with Crippen LogP contribution in [0.4, 0.5) is 5.69 Å². The number of hydrogen-bond donors (Lipinski definition) is 2. The number of benzene rings is 1. The zero-order valence-corrected chi connectivity index (χ0v) is 10.8. The van der Waals surface area contributed by atoms with Gasteiger partial charge in [-0.25, -0.2) is 4.79 Å². The van der Waals surface area contributed by atoms with Crippen LogP contribution in [0.15, 0.2) is 12.1 Å². The van der Waals surface area contributed by atoms with Gasteiger partial charge >= 0.3 is 5.97 Å². The summed E-state index contributed by atoms with van der Waals surface area (Å²) >= 11 is 0. The van der Waals surface area contributed by atoms with Crippen molar-refractivity contribution in [2.24, 2.45) is 5.73 Å². The molecule has 0 saturated heterocycles. The Kier molecular flexibility index (Phi) is 4.99. The van der Waals surface area contributed by atoms with Crippen LogP contribution in [0.5, 0.6) is 11.5 Å². The van der Waals surface area contributed by atoms with Crippen molar-refractivity contribution in [2.45, 2.75) is 6.42 Å². The first kappa shape index (κ1) is 14.6. The van der Waals surface area contributed by atoms with Gasteiger partial charge in [0.1, 0.15) is 6.61 Å². The van der Waals surface area contributed by atoms with Gasteiger partial charge in [0, 0.05) is 12.1 Å². The first-order valence-corrected chi connectivity index (χ1v) is 5.46. The van der Waals surface area contributed by atoms with Crippen molar-refractivity contribution in [3.63, 3.8) is 0 Å². The number of amides is 1. The van der Waals surface area contributed by atoms with Crippen molar-refractivity contribution < 1.29 is 23.8 Å². The largest absolute Gasteiger partial charge is 0.493 e. The molecule has 0 aliphatic heterocycles. The number of anilines is 1. The van der Waals surface area contributed by atoms with Crippen LogP contribution < -0.4 is 20.9 Å². The van der Waals surface area contributed by atoms with E-state index in [0.29, 0.717) is 11.5 Å². The van der Waals surface area contributed by atoms with Gasteiger partial charge in [-0.05, 0) is 0 Å². The molecule has 1 rings (SSSR count). The summed E-state index contributed by atoms with van der Waals surface area (Å²) in [4.78, 5) is 22.3. The van der Waals surface area contributed by atoms with Crippen LogP contribution in [0.25, 0.3) is 0 Å². The summed E-state index contributed by atoms with van der Waals surface area (Å²) in [6.07, 6.45) is -0.0427. The predicted octanol–water partition coefficient (Wildman–Crippen LogP) is 0.318. The van der Waals surface area contributed by atoms with Crippen LogP contribution >= 0.6 is 0 Å². The third-order valence-corrected chi connectivity index (χ3v) is 2.36. The Bertz CT molecular complexity index is 487. The summed E-state index contributed by atoms with van der Waals surface area (Å²) in [5.74, 6) is -0.431. The van der Waals surface area contributed by atoms with E-state index in [-0.39, 0.29) is 24.3 Å². The van der Waals surface area contributed by atoms with E-state index in [9.17, 15) is 9.59 Å². The third-order valence-electron chi connectivity index (χ3n) is 2.36. The number of carbonyl (C=O) groups excluding carboxylic acids is 2. The maximum atomic E-state index is 11.8. The van der Waals surface area contributed by atoms with E-state index in [4.69, 9.17) is 25.7 Å². The number of carbonyl (C=O) groups is 2. The summed E-state index contributed by atoms with van der Waals surface area (Å²) in [6.45, 7) is -0.0953. The lowest BCUT2D eigenvalue weighted by molar-refractivity contribution is -0.118. The van der Waals surface area contributed by atoms with E-state index in [1.54, 1.807) is 0 Å². The Morgan fingerprint density at radius 1 is 1.16 bits per heavy atom. The number of esters is 1. The van der Waals surface area contributed by atoms with Crippen LogP contribution in [-0.4, -0.2) is 32.7 Å². The summed E-state index contributed by atoms with van der Waals surface area (Å²) < 4.78 is 15.0. The third kappa shape index (κ3) is 3.77. The topological polar surface area (TPSA) is 114 Å². The first-order valence-electron chi connectivity index (χ1n) is 5.46. The zero-order valence-electron chi connectivity index (χ0n) is 10.8. The lowest BCUT2D eigenvalue weighted by atomic mass is 10.1. The van der Waals surface area contributed by atoms with E-state index in [0.717, 1.165) is 0 Å². The fourth-order valence-corrected chi connectivity index (χ4v) is 1.39. The maximum Gasteiger partial charge on any atom is 0.340 e. The lowest BCUT2D eigenvalue weighted by Crippen LogP contribution is -2.16. The highest BCUT2D eigenvalue weighted by Gasteiger charge is 2.16. The lowest BCUT2D eigenvalue weighted by Gasteiger charge is -2.11. The molecule has 1 amide bonds. The molecular weight excluding hydrogens is 252 g/mol. The molecule has 0 fully saturated rings. The van der Waals surface area contributed by atoms with Crippen LogP contribution in [0.1, 0.15) is 16.8 Å². The van der Waals surface area contributed by atoms with Crippen molar-refractivity contribution in [3.05, 3.63) is 17.7 Å². The molecule has 0 atom stereocenters.